The Hall–Kier alpha value is -1.55. The quantitative estimate of drug-likeness (QED) is 0.806. The molecule has 1 aliphatic rings. The molecule has 2 atom stereocenters. The number of nitrogen functional groups attached to an aromatic ring is 1. The molecular weight excluding hydrogens is 228 g/mol. The number of carbonyl (C=O) groups is 1. The van der Waals surface area contributed by atoms with Crippen LogP contribution in [0, 0.1) is 0 Å². The number of rotatable bonds is 2. The standard InChI is InChI=1S/C14H20N2O2/c1-10-8-18-9-11(2)16(10)14(17)7-12-3-5-13(15)6-4-12/h3-6,10-11H,7-9,15H2,1-2H3. The molecule has 1 heterocycles. The fraction of sp³-hybridized carbons (Fsp3) is 0.500. The number of hydrogen-bond acceptors (Lipinski definition) is 3. The monoisotopic (exact) mass is 248 g/mol. The average molecular weight is 248 g/mol. The first-order valence-electron chi connectivity index (χ1n) is 6.31. The Morgan fingerprint density at radius 1 is 1.28 bits per heavy atom. The Morgan fingerprint density at radius 3 is 2.39 bits per heavy atom. The molecule has 1 fully saturated rings. The Labute approximate surface area is 108 Å². The van der Waals surface area contributed by atoms with E-state index in [2.05, 4.69) is 0 Å². The molecule has 1 saturated heterocycles. The Balaban J connectivity index is 2.04. The van der Waals surface area contributed by atoms with Gasteiger partial charge in [0.2, 0.25) is 5.91 Å². The molecule has 4 heteroatoms. The van der Waals surface area contributed by atoms with E-state index in [0.29, 0.717) is 19.6 Å². The van der Waals surface area contributed by atoms with Crippen molar-refractivity contribution in [3.05, 3.63) is 29.8 Å². The van der Waals surface area contributed by atoms with E-state index in [9.17, 15) is 4.79 Å². The van der Waals surface area contributed by atoms with Crippen LogP contribution in [0.3, 0.4) is 0 Å². The lowest BCUT2D eigenvalue weighted by Gasteiger charge is -2.38. The van der Waals surface area contributed by atoms with Crippen molar-refractivity contribution >= 4 is 11.6 Å². The maximum atomic E-state index is 12.3. The minimum Gasteiger partial charge on any atom is -0.399 e. The summed E-state index contributed by atoms with van der Waals surface area (Å²) in [7, 11) is 0. The van der Waals surface area contributed by atoms with Gasteiger partial charge in [0, 0.05) is 5.69 Å². The summed E-state index contributed by atoms with van der Waals surface area (Å²) in [6, 6.07) is 7.76. The predicted molar refractivity (Wildman–Crippen MR) is 71.1 cm³/mol. The van der Waals surface area contributed by atoms with Crippen LogP contribution in [-0.4, -0.2) is 36.1 Å². The van der Waals surface area contributed by atoms with E-state index in [0.717, 1.165) is 11.3 Å². The molecule has 1 aliphatic heterocycles. The third-order valence-corrected chi connectivity index (χ3v) is 3.29. The van der Waals surface area contributed by atoms with Gasteiger partial charge < -0.3 is 15.4 Å². The van der Waals surface area contributed by atoms with E-state index in [1.165, 1.54) is 0 Å². The summed E-state index contributed by atoms with van der Waals surface area (Å²) in [5, 5.41) is 0. The lowest BCUT2D eigenvalue weighted by Crippen LogP contribution is -2.53. The summed E-state index contributed by atoms with van der Waals surface area (Å²) < 4.78 is 5.43. The molecule has 2 N–H and O–H groups in total. The van der Waals surface area contributed by atoms with Crippen molar-refractivity contribution in [2.45, 2.75) is 32.4 Å². The molecular formula is C14H20N2O2. The second-order valence-electron chi connectivity index (χ2n) is 4.95. The fourth-order valence-electron chi connectivity index (χ4n) is 2.40. The van der Waals surface area contributed by atoms with Crippen molar-refractivity contribution in [1.82, 2.24) is 4.90 Å². The summed E-state index contributed by atoms with van der Waals surface area (Å²) in [6.45, 7) is 5.29. The molecule has 0 aliphatic carbocycles. The Kier molecular flexibility index (Phi) is 3.87. The van der Waals surface area contributed by atoms with E-state index < -0.39 is 0 Å². The van der Waals surface area contributed by atoms with Gasteiger partial charge in [-0.05, 0) is 31.5 Å². The van der Waals surface area contributed by atoms with Gasteiger partial charge in [-0.1, -0.05) is 12.1 Å². The molecule has 0 bridgehead atoms. The predicted octanol–water partition coefficient (Wildman–Crippen LogP) is 1.45. The van der Waals surface area contributed by atoms with Crippen molar-refractivity contribution in [3.63, 3.8) is 0 Å². The van der Waals surface area contributed by atoms with E-state index in [-0.39, 0.29) is 18.0 Å². The Bertz CT molecular complexity index is 406. The van der Waals surface area contributed by atoms with Crippen LogP contribution in [0.2, 0.25) is 0 Å². The molecule has 98 valence electrons. The highest BCUT2D eigenvalue weighted by molar-refractivity contribution is 5.79. The van der Waals surface area contributed by atoms with E-state index >= 15 is 0 Å². The van der Waals surface area contributed by atoms with Gasteiger partial charge in [-0.3, -0.25) is 4.79 Å². The molecule has 4 nitrogen and oxygen atoms in total. The third-order valence-electron chi connectivity index (χ3n) is 3.29. The van der Waals surface area contributed by atoms with Crippen molar-refractivity contribution in [1.29, 1.82) is 0 Å². The highest BCUT2D eigenvalue weighted by atomic mass is 16.5. The van der Waals surface area contributed by atoms with Crippen LogP contribution in [-0.2, 0) is 16.0 Å². The molecule has 0 aromatic heterocycles. The van der Waals surface area contributed by atoms with Crippen molar-refractivity contribution < 1.29 is 9.53 Å². The molecule has 0 saturated carbocycles. The topological polar surface area (TPSA) is 55.6 Å². The highest BCUT2D eigenvalue weighted by Gasteiger charge is 2.29. The van der Waals surface area contributed by atoms with Gasteiger partial charge in [-0.15, -0.1) is 0 Å². The molecule has 1 aromatic rings. The SMILES string of the molecule is CC1COCC(C)N1C(=O)Cc1ccc(N)cc1. The number of ether oxygens (including phenoxy) is 1. The second kappa shape index (κ2) is 5.40. The fourth-order valence-corrected chi connectivity index (χ4v) is 2.40. The van der Waals surface area contributed by atoms with Crippen molar-refractivity contribution in [2.75, 3.05) is 18.9 Å². The van der Waals surface area contributed by atoms with Crippen molar-refractivity contribution in [2.24, 2.45) is 0 Å². The van der Waals surface area contributed by atoms with E-state index in [1.807, 2.05) is 43.0 Å². The lowest BCUT2D eigenvalue weighted by molar-refractivity contribution is -0.143. The van der Waals surface area contributed by atoms with Gasteiger partial charge in [0.25, 0.3) is 0 Å². The van der Waals surface area contributed by atoms with Crippen LogP contribution in [0.25, 0.3) is 0 Å². The molecule has 2 rings (SSSR count). The summed E-state index contributed by atoms with van der Waals surface area (Å²) in [5.41, 5.74) is 7.35. The molecule has 2 unspecified atom stereocenters. The zero-order chi connectivity index (χ0) is 13.1. The van der Waals surface area contributed by atoms with Gasteiger partial charge in [0.15, 0.2) is 0 Å². The third kappa shape index (κ3) is 2.82. The van der Waals surface area contributed by atoms with Gasteiger partial charge >= 0.3 is 0 Å². The summed E-state index contributed by atoms with van der Waals surface area (Å²) in [6.07, 6.45) is 0.426. The number of amides is 1. The second-order valence-corrected chi connectivity index (χ2v) is 4.95. The lowest BCUT2D eigenvalue weighted by atomic mass is 10.1. The maximum Gasteiger partial charge on any atom is 0.227 e. The van der Waals surface area contributed by atoms with Gasteiger partial charge in [-0.2, -0.15) is 0 Å². The van der Waals surface area contributed by atoms with Crippen LogP contribution in [0.4, 0.5) is 5.69 Å². The number of carbonyl (C=O) groups excluding carboxylic acids is 1. The van der Waals surface area contributed by atoms with Crippen molar-refractivity contribution in [3.8, 4) is 0 Å². The van der Waals surface area contributed by atoms with Crippen LogP contribution < -0.4 is 5.73 Å². The molecule has 0 radical (unpaired) electrons. The van der Waals surface area contributed by atoms with E-state index in [1.54, 1.807) is 0 Å². The molecule has 1 aromatic carbocycles. The first-order valence-corrected chi connectivity index (χ1v) is 6.31. The smallest absolute Gasteiger partial charge is 0.227 e. The normalized spacial score (nSPS) is 24.0. The summed E-state index contributed by atoms with van der Waals surface area (Å²) in [5.74, 6) is 0.156. The first-order chi connectivity index (χ1) is 8.58. The largest absolute Gasteiger partial charge is 0.399 e. The van der Waals surface area contributed by atoms with Crippen LogP contribution in [0.1, 0.15) is 19.4 Å². The number of nitrogens with two attached hydrogens (primary N) is 1. The number of hydrogen-bond donors (Lipinski definition) is 1. The minimum atomic E-state index is 0.148. The molecule has 1 amide bonds. The first kappa shape index (κ1) is 12.9. The minimum absolute atomic E-state index is 0.148. The zero-order valence-electron chi connectivity index (χ0n) is 10.9. The number of nitrogens with zero attached hydrogens (tertiary/aromatic N) is 1. The number of anilines is 1. The van der Waals surface area contributed by atoms with Gasteiger partial charge in [-0.25, -0.2) is 0 Å². The van der Waals surface area contributed by atoms with E-state index in [4.69, 9.17) is 10.5 Å². The average Bonchev–Trinajstić information content (AvgIpc) is 2.32. The summed E-state index contributed by atoms with van der Waals surface area (Å²) >= 11 is 0. The molecule has 0 spiro atoms. The summed E-state index contributed by atoms with van der Waals surface area (Å²) in [4.78, 5) is 14.2. The Morgan fingerprint density at radius 2 is 1.83 bits per heavy atom. The molecule has 18 heavy (non-hydrogen) atoms. The van der Waals surface area contributed by atoms with Crippen LogP contribution in [0.5, 0.6) is 0 Å². The number of benzene rings is 1. The maximum absolute atomic E-state index is 12.3. The van der Waals surface area contributed by atoms with Crippen LogP contribution >= 0.6 is 0 Å². The van der Waals surface area contributed by atoms with Gasteiger partial charge in [0.1, 0.15) is 0 Å². The highest BCUT2D eigenvalue weighted by Crippen LogP contribution is 2.16. The number of morpholine rings is 1. The van der Waals surface area contributed by atoms with Gasteiger partial charge in [0.05, 0.1) is 31.7 Å². The van der Waals surface area contributed by atoms with Crippen LogP contribution in [0.15, 0.2) is 24.3 Å². The zero-order valence-corrected chi connectivity index (χ0v) is 10.9.